The van der Waals surface area contributed by atoms with Crippen molar-refractivity contribution in [1.29, 1.82) is 0 Å². The molecule has 0 spiro atoms. The molecule has 5 heteroatoms. The maximum absolute atomic E-state index is 11.8. The minimum absolute atomic E-state index is 0.0429. The summed E-state index contributed by atoms with van der Waals surface area (Å²) in [5.74, 6) is 0. The number of anilines is 1. The third-order valence-corrected chi connectivity index (χ3v) is 5.59. The Hall–Kier alpha value is -1.33. The first kappa shape index (κ1) is 15.1. The second kappa shape index (κ2) is 5.58. The van der Waals surface area contributed by atoms with Gasteiger partial charge in [-0.2, -0.15) is 0 Å². The van der Waals surface area contributed by atoms with Gasteiger partial charge in [-0.05, 0) is 23.6 Å². The fourth-order valence-corrected chi connectivity index (χ4v) is 3.72. The molecule has 1 aromatic carbocycles. The van der Waals surface area contributed by atoms with E-state index in [1.54, 1.807) is 29.5 Å². The van der Waals surface area contributed by atoms with Crippen LogP contribution in [-0.4, -0.2) is 21.2 Å². The fourth-order valence-electron chi connectivity index (χ4n) is 2.00. The van der Waals surface area contributed by atoms with Crippen molar-refractivity contribution < 1.29 is 8.42 Å². The van der Waals surface area contributed by atoms with Gasteiger partial charge >= 0.3 is 0 Å². The molecule has 0 aliphatic rings. The molecule has 20 heavy (non-hydrogen) atoms. The summed E-state index contributed by atoms with van der Waals surface area (Å²) < 4.78 is 23.5. The quantitative estimate of drug-likeness (QED) is 0.919. The van der Waals surface area contributed by atoms with Crippen LogP contribution < -0.4 is 5.32 Å². The average molecular weight is 309 g/mol. The highest BCUT2D eigenvalue weighted by molar-refractivity contribution is 7.90. The number of sulfone groups is 1. The molecule has 1 N–H and O–H groups in total. The second-order valence-electron chi connectivity index (χ2n) is 5.48. The Morgan fingerprint density at radius 1 is 1.15 bits per heavy atom. The van der Waals surface area contributed by atoms with Crippen LogP contribution in [0.15, 0.2) is 46.7 Å². The molecule has 0 bridgehead atoms. The van der Waals surface area contributed by atoms with Crippen LogP contribution in [-0.2, 0) is 15.3 Å². The molecule has 1 aromatic heterocycles. The highest BCUT2D eigenvalue weighted by Gasteiger charge is 2.22. The zero-order chi connectivity index (χ0) is 14.8. The van der Waals surface area contributed by atoms with Crippen LogP contribution in [0.2, 0.25) is 0 Å². The number of thiophene rings is 1. The molecule has 108 valence electrons. The molecule has 1 heterocycles. The lowest BCUT2D eigenvalue weighted by Gasteiger charge is -2.25. The van der Waals surface area contributed by atoms with Crippen molar-refractivity contribution in [1.82, 2.24) is 0 Å². The summed E-state index contributed by atoms with van der Waals surface area (Å²) in [6.07, 6.45) is 1.23. The van der Waals surface area contributed by atoms with E-state index in [1.807, 2.05) is 12.1 Å². The zero-order valence-corrected chi connectivity index (χ0v) is 13.5. The fraction of sp³-hybridized carbons (Fsp3) is 0.333. The lowest BCUT2D eigenvalue weighted by atomic mass is 9.91. The summed E-state index contributed by atoms with van der Waals surface area (Å²) in [7, 11) is -3.21. The Morgan fingerprint density at radius 3 is 2.45 bits per heavy atom. The number of para-hydroxylation sites is 1. The minimum atomic E-state index is -3.21. The lowest BCUT2D eigenvalue weighted by molar-refractivity contribution is 0.568. The van der Waals surface area contributed by atoms with E-state index >= 15 is 0 Å². The van der Waals surface area contributed by atoms with Gasteiger partial charge in [-0.25, -0.2) is 8.42 Å². The van der Waals surface area contributed by atoms with Crippen molar-refractivity contribution in [3.8, 4) is 0 Å². The van der Waals surface area contributed by atoms with Crippen LogP contribution in [0.5, 0.6) is 0 Å². The lowest BCUT2D eigenvalue weighted by Crippen LogP contribution is -2.27. The Balaban J connectivity index is 2.20. The van der Waals surface area contributed by atoms with Crippen LogP contribution in [0.4, 0.5) is 5.69 Å². The molecule has 0 radical (unpaired) electrons. The predicted molar refractivity (Wildman–Crippen MR) is 85.4 cm³/mol. The second-order valence-corrected chi connectivity index (χ2v) is 8.41. The number of hydrogen-bond donors (Lipinski definition) is 1. The molecule has 0 fully saturated rings. The summed E-state index contributed by atoms with van der Waals surface area (Å²) in [5, 5.41) is 5.33. The molecular weight excluding hydrogens is 290 g/mol. The van der Waals surface area contributed by atoms with Gasteiger partial charge in [0.1, 0.15) is 0 Å². The van der Waals surface area contributed by atoms with Gasteiger partial charge in [-0.1, -0.05) is 32.0 Å². The summed E-state index contributed by atoms with van der Waals surface area (Å²) >= 11 is 1.72. The normalized spacial score (nSPS) is 12.3. The highest BCUT2D eigenvalue weighted by Crippen LogP contribution is 2.29. The Bertz CT molecular complexity index is 674. The van der Waals surface area contributed by atoms with Gasteiger partial charge < -0.3 is 5.32 Å². The van der Waals surface area contributed by atoms with Gasteiger partial charge in [0, 0.05) is 23.1 Å². The first-order chi connectivity index (χ1) is 9.31. The van der Waals surface area contributed by atoms with E-state index in [0.717, 1.165) is 0 Å². The monoisotopic (exact) mass is 309 g/mol. The van der Waals surface area contributed by atoms with Crippen molar-refractivity contribution in [3.63, 3.8) is 0 Å². The van der Waals surface area contributed by atoms with Gasteiger partial charge in [-0.15, -0.1) is 11.3 Å². The van der Waals surface area contributed by atoms with E-state index in [-0.39, 0.29) is 5.41 Å². The maximum atomic E-state index is 11.8. The Kier molecular flexibility index (Phi) is 4.20. The van der Waals surface area contributed by atoms with E-state index in [9.17, 15) is 8.42 Å². The molecule has 0 aliphatic heterocycles. The zero-order valence-electron chi connectivity index (χ0n) is 11.9. The smallest absolute Gasteiger partial charge is 0.177 e. The maximum Gasteiger partial charge on any atom is 0.177 e. The van der Waals surface area contributed by atoms with Crippen molar-refractivity contribution in [2.45, 2.75) is 24.2 Å². The van der Waals surface area contributed by atoms with Gasteiger partial charge in [0.05, 0.1) is 10.6 Å². The van der Waals surface area contributed by atoms with Crippen LogP contribution in [0, 0.1) is 0 Å². The van der Waals surface area contributed by atoms with Gasteiger partial charge in [0.25, 0.3) is 0 Å². The van der Waals surface area contributed by atoms with Gasteiger partial charge in [0.2, 0.25) is 0 Å². The third kappa shape index (κ3) is 3.41. The number of hydrogen-bond acceptors (Lipinski definition) is 4. The Morgan fingerprint density at radius 2 is 1.85 bits per heavy atom. The molecule has 0 saturated heterocycles. The predicted octanol–water partition coefficient (Wildman–Crippen LogP) is 3.54. The van der Waals surface area contributed by atoms with Gasteiger partial charge in [-0.3, -0.25) is 0 Å². The first-order valence-corrected chi connectivity index (χ1v) is 9.15. The van der Waals surface area contributed by atoms with Crippen molar-refractivity contribution in [2.24, 2.45) is 0 Å². The van der Waals surface area contributed by atoms with Crippen molar-refractivity contribution in [2.75, 3.05) is 18.1 Å². The summed E-state index contributed by atoms with van der Waals surface area (Å²) in [4.78, 5) is 1.63. The summed E-state index contributed by atoms with van der Waals surface area (Å²) in [6, 6.07) is 11.2. The molecule has 0 unspecified atom stereocenters. The minimum Gasteiger partial charge on any atom is -0.383 e. The first-order valence-electron chi connectivity index (χ1n) is 6.38. The summed E-state index contributed by atoms with van der Waals surface area (Å²) in [5.41, 5.74) is 0.623. The van der Waals surface area contributed by atoms with E-state index < -0.39 is 9.84 Å². The van der Waals surface area contributed by atoms with Crippen molar-refractivity contribution >= 4 is 26.9 Å². The van der Waals surface area contributed by atoms with Crippen LogP contribution >= 0.6 is 11.3 Å². The standard InChI is InChI=1S/C15H19NO2S2/c1-15(2,14-9-6-10-19-14)11-16-12-7-4-5-8-13(12)20(3,17)18/h4-10,16H,11H2,1-3H3. The van der Waals surface area contributed by atoms with E-state index in [4.69, 9.17) is 0 Å². The topological polar surface area (TPSA) is 46.2 Å². The molecule has 0 amide bonds. The Labute approximate surface area is 124 Å². The van der Waals surface area contributed by atoms with Crippen LogP contribution in [0.25, 0.3) is 0 Å². The molecule has 3 nitrogen and oxygen atoms in total. The molecule has 0 aliphatic carbocycles. The highest BCUT2D eigenvalue weighted by atomic mass is 32.2. The number of benzene rings is 1. The SMILES string of the molecule is CC(C)(CNc1ccccc1S(C)(=O)=O)c1cccs1. The molecule has 0 atom stereocenters. The van der Waals surface area contributed by atoms with Crippen LogP contribution in [0.3, 0.4) is 0 Å². The average Bonchev–Trinajstić information content (AvgIpc) is 2.90. The van der Waals surface area contributed by atoms with E-state index in [2.05, 4.69) is 30.6 Å². The third-order valence-electron chi connectivity index (χ3n) is 3.20. The van der Waals surface area contributed by atoms with E-state index in [0.29, 0.717) is 17.1 Å². The van der Waals surface area contributed by atoms with Gasteiger partial charge in [0.15, 0.2) is 9.84 Å². The van der Waals surface area contributed by atoms with Crippen LogP contribution in [0.1, 0.15) is 18.7 Å². The molecular formula is C15H19NO2S2. The van der Waals surface area contributed by atoms with Crippen molar-refractivity contribution in [3.05, 3.63) is 46.7 Å². The number of nitrogens with one attached hydrogen (secondary N) is 1. The summed E-state index contributed by atoms with van der Waals surface area (Å²) in [6.45, 7) is 4.98. The van der Waals surface area contributed by atoms with E-state index in [1.165, 1.54) is 11.1 Å². The number of rotatable bonds is 5. The largest absolute Gasteiger partial charge is 0.383 e. The molecule has 0 saturated carbocycles. The molecule has 2 aromatic rings. The molecule has 2 rings (SSSR count).